The molecule has 7 nitrogen and oxygen atoms in total. The average molecular weight is 207 g/mol. The molecule has 0 saturated heterocycles. The summed E-state index contributed by atoms with van der Waals surface area (Å²) >= 11 is 0. The minimum atomic E-state index is 0.167. The molecule has 0 spiro atoms. The van der Waals surface area contributed by atoms with Crippen LogP contribution in [0, 0.1) is 0 Å². The molecule has 0 fully saturated rings. The van der Waals surface area contributed by atoms with Crippen molar-refractivity contribution in [2.75, 3.05) is 25.6 Å². The summed E-state index contributed by atoms with van der Waals surface area (Å²) in [4.78, 5) is 14.2. The molecule has 0 aliphatic heterocycles. The van der Waals surface area contributed by atoms with Crippen molar-refractivity contribution < 1.29 is 0 Å². The molecule has 0 aromatic carbocycles. The second-order valence-corrected chi connectivity index (χ2v) is 3.56. The second kappa shape index (κ2) is 3.35. The SMILES string of the molecule is CN(C)Cc1ncn2c(N)nc(N)nc12. The highest BCUT2D eigenvalue weighted by molar-refractivity contribution is 5.51. The van der Waals surface area contributed by atoms with E-state index in [-0.39, 0.29) is 5.95 Å². The highest BCUT2D eigenvalue weighted by atomic mass is 15.2. The lowest BCUT2D eigenvalue weighted by molar-refractivity contribution is 0.399. The zero-order valence-corrected chi connectivity index (χ0v) is 8.68. The summed E-state index contributed by atoms with van der Waals surface area (Å²) in [5, 5.41) is 0. The van der Waals surface area contributed by atoms with Gasteiger partial charge in [-0.25, -0.2) is 4.98 Å². The number of nitrogens with two attached hydrogens (primary N) is 2. The Morgan fingerprint density at radius 3 is 2.73 bits per heavy atom. The van der Waals surface area contributed by atoms with E-state index in [0.717, 1.165) is 5.69 Å². The number of hydrogen-bond donors (Lipinski definition) is 2. The van der Waals surface area contributed by atoms with Gasteiger partial charge in [0.05, 0.1) is 5.69 Å². The van der Waals surface area contributed by atoms with Gasteiger partial charge >= 0.3 is 0 Å². The fourth-order valence-electron chi connectivity index (χ4n) is 1.38. The quantitative estimate of drug-likeness (QED) is 0.679. The first-order valence-electron chi connectivity index (χ1n) is 4.47. The lowest BCUT2D eigenvalue weighted by Crippen LogP contribution is -2.12. The van der Waals surface area contributed by atoms with Gasteiger partial charge in [0.1, 0.15) is 6.33 Å². The molecule has 2 aromatic rings. The molecule has 2 aromatic heterocycles. The number of aromatic nitrogens is 4. The second-order valence-electron chi connectivity index (χ2n) is 3.56. The molecule has 2 heterocycles. The van der Waals surface area contributed by atoms with E-state index in [4.69, 9.17) is 11.5 Å². The molecule has 2 rings (SSSR count). The van der Waals surface area contributed by atoms with Gasteiger partial charge in [0, 0.05) is 6.54 Å². The van der Waals surface area contributed by atoms with Crippen molar-refractivity contribution in [3.8, 4) is 0 Å². The van der Waals surface area contributed by atoms with Crippen molar-refractivity contribution in [1.29, 1.82) is 0 Å². The number of nitrogens with zero attached hydrogens (tertiary/aromatic N) is 5. The minimum Gasteiger partial charge on any atom is -0.369 e. The fourth-order valence-corrected chi connectivity index (χ4v) is 1.38. The predicted molar refractivity (Wildman–Crippen MR) is 57.0 cm³/mol. The summed E-state index contributed by atoms with van der Waals surface area (Å²) in [5.74, 6) is 0.468. The molecule has 0 atom stereocenters. The molecule has 0 radical (unpaired) electrons. The number of imidazole rings is 1. The van der Waals surface area contributed by atoms with Crippen molar-refractivity contribution in [2.24, 2.45) is 0 Å². The summed E-state index contributed by atoms with van der Waals surface area (Å²) in [6.45, 7) is 0.687. The molecule has 4 N–H and O–H groups in total. The van der Waals surface area contributed by atoms with Crippen molar-refractivity contribution in [3.05, 3.63) is 12.0 Å². The summed E-state index contributed by atoms with van der Waals surface area (Å²) < 4.78 is 1.62. The van der Waals surface area contributed by atoms with Crippen LogP contribution in [0.3, 0.4) is 0 Å². The van der Waals surface area contributed by atoms with Crippen LogP contribution in [-0.4, -0.2) is 38.3 Å². The van der Waals surface area contributed by atoms with Crippen LogP contribution in [0.4, 0.5) is 11.9 Å². The van der Waals surface area contributed by atoms with E-state index in [9.17, 15) is 0 Å². The van der Waals surface area contributed by atoms with Crippen molar-refractivity contribution in [2.45, 2.75) is 6.54 Å². The number of rotatable bonds is 2. The van der Waals surface area contributed by atoms with Gasteiger partial charge in [-0.1, -0.05) is 0 Å². The molecule has 0 aliphatic rings. The van der Waals surface area contributed by atoms with Gasteiger partial charge in [-0.2, -0.15) is 9.97 Å². The molecule has 0 aliphatic carbocycles. The van der Waals surface area contributed by atoms with Crippen LogP contribution >= 0.6 is 0 Å². The average Bonchev–Trinajstić information content (AvgIpc) is 2.48. The van der Waals surface area contributed by atoms with Crippen LogP contribution < -0.4 is 11.5 Å². The summed E-state index contributed by atoms with van der Waals surface area (Å²) in [6.07, 6.45) is 1.60. The first kappa shape index (κ1) is 9.66. The van der Waals surface area contributed by atoms with Crippen LogP contribution in [0.1, 0.15) is 5.69 Å². The number of anilines is 2. The predicted octanol–water partition coefficient (Wildman–Crippen LogP) is -0.650. The highest BCUT2D eigenvalue weighted by Gasteiger charge is 2.10. The molecule has 0 unspecified atom stereocenters. The Bertz CT molecular complexity index is 487. The number of hydrogen-bond acceptors (Lipinski definition) is 6. The molecule has 0 saturated carbocycles. The normalized spacial score (nSPS) is 11.4. The van der Waals surface area contributed by atoms with Crippen molar-refractivity contribution >= 4 is 17.5 Å². The molecule has 15 heavy (non-hydrogen) atoms. The zero-order valence-electron chi connectivity index (χ0n) is 8.68. The van der Waals surface area contributed by atoms with Gasteiger partial charge < -0.3 is 16.4 Å². The van der Waals surface area contributed by atoms with Crippen LogP contribution in [0.15, 0.2) is 6.33 Å². The molecule has 7 heteroatoms. The maximum Gasteiger partial charge on any atom is 0.225 e. The largest absolute Gasteiger partial charge is 0.369 e. The molecular weight excluding hydrogens is 194 g/mol. The first-order valence-corrected chi connectivity index (χ1v) is 4.47. The Morgan fingerprint density at radius 2 is 2.07 bits per heavy atom. The van der Waals surface area contributed by atoms with E-state index in [1.165, 1.54) is 0 Å². The summed E-state index contributed by atoms with van der Waals surface area (Å²) in [5.41, 5.74) is 12.7. The van der Waals surface area contributed by atoms with Crippen LogP contribution in [0.25, 0.3) is 5.65 Å². The standard InChI is InChI=1S/C8H13N7/c1-14(2)3-5-6-12-7(9)13-8(10)15(6)4-11-5/h4H,3H2,1-2H3,(H4,9,10,12,13). The highest BCUT2D eigenvalue weighted by Crippen LogP contribution is 2.12. The van der Waals surface area contributed by atoms with E-state index in [1.54, 1.807) is 10.7 Å². The minimum absolute atomic E-state index is 0.167. The molecular formula is C8H13N7. The fraction of sp³-hybridized carbons (Fsp3) is 0.375. The van der Waals surface area contributed by atoms with Gasteiger partial charge in [-0.05, 0) is 14.1 Å². The Hall–Kier alpha value is -1.89. The molecule has 0 bridgehead atoms. The third-order valence-electron chi connectivity index (χ3n) is 1.98. The third-order valence-corrected chi connectivity index (χ3v) is 1.98. The lowest BCUT2D eigenvalue weighted by atomic mass is 10.4. The lowest BCUT2D eigenvalue weighted by Gasteiger charge is -2.07. The Labute approximate surface area is 86.7 Å². The van der Waals surface area contributed by atoms with E-state index < -0.39 is 0 Å². The van der Waals surface area contributed by atoms with Crippen LogP contribution in [0.5, 0.6) is 0 Å². The molecule has 80 valence electrons. The topological polar surface area (TPSA) is 98.4 Å². The third kappa shape index (κ3) is 1.68. The van der Waals surface area contributed by atoms with E-state index in [0.29, 0.717) is 18.1 Å². The molecule has 0 amide bonds. The van der Waals surface area contributed by atoms with Crippen molar-refractivity contribution in [1.82, 2.24) is 24.3 Å². The van der Waals surface area contributed by atoms with Crippen LogP contribution in [0.2, 0.25) is 0 Å². The monoisotopic (exact) mass is 207 g/mol. The van der Waals surface area contributed by atoms with Crippen LogP contribution in [-0.2, 0) is 6.54 Å². The Morgan fingerprint density at radius 1 is 1.33 bits per heavy atom. The van der Waals surface area contributed by atoms with E-state index in [1.807, 2.05) is 19.0 Å². The van der Waals surface area contributed by atoms with Crippen molar-refractivity contribution in [3.63, 3.8) is 0 Å². The first-order chi connectivity index (χ1) is 7.08. The maximum atomic E-state index is 5.68. The van der Waals surface area contributed by atoms with E-state index in [2.05, 4.69) is 15.0 Å². The number of fused-ring (bicyclic) bond motifs is 1. The van der Waals surface area contributed by atoms with Gasteiger partial charge in [-0.15, -0.1) is 0 Å². The van der Waals surface area contributed by atoms with Gasteiger partial charge in [-0.3, -0.25) is 4.40 Å². The van der Waals surface area contributed by atoms with Gasteiger partial charge in [0.15, 0.2) is 5.65 Å². The van der Waals surface area contributed by atoms with E-state index >= 15 is 0 Å². The number of nitrogen functional groups attached to an aromatic ring is 2. The maximum absolute atomic E-state index is 5.68. The summed E-state index contributed by atoms with van der Waals surface area (Å²) in [7, 11) is 3.91. The Balaban J connectivity index is 2.58. The smallest absolute Gasteiger partial charge is 0.225 e. The van der Waals surface area contributed by atoms with Gasteiger partial charge in [0.25, 0.3) is 0 Å². The van der Waals surface area contributed by atoms with Gasteiger partial charge in [0.2, 0.25) is 11.9 Å². The summed E-state index contributed by atoms with van der Waals surface area (Å²) in [6, 6.07) is 0. The zero-order chi connectivity index (χ0) is 11.0. The Kier molecular flexibility index (Phi) is 2.16.